The first-order valence-corrected chi connectivity index (χ1v) is 5.73. The molecule has 0 fully saturated rings. The minimum Gasteiger partial charge on any atom is -0.394 e. The Bertz CT molecular complexity index is 451. The summed E-state index contributed by atoms with van der Waals surface area (Å²) in [6.07, 6.45) is 5.58. The highest BCUT2D eigenvalue weighted by Crippen LogP contribution is 2.18. The van der Waals surface area contributed by atoms with Crippen molar-refractivity contribution in [3.8, 4) is 0 Å². The van der Waals surface area contributed by atoms with Crippen molar-refractivity contribution < 1.29 is 10.0 Å². The van der Waals surface area contributed by atoms with Gasteiger partial charge < -0.3 is 5.11 Å². The summed E-state index contributed by atoms with van der Waals surface area (Å²) in [4.78, 5) is 14.5. The molecule has 1 unspecified atom stereocenters. The van der Waals surface area contributed by atoms with Gasteiger partial charge in [-0.3, -0.25) is 15.1 Å². The fourth-order valence-corrected chi connectivity index (χ4v) is 1.39. The molecular formula is C13H16N2O3. The van der Waals surface area contributed by atoms with E-state index in [-0.39, 0.29) is 18.3 Å². The van der Waals surface area contributed by atoms with E-state index in [1.54, 1.807) is 36.6 Å². The quantitative estimate of drug-likeness (QED) is 0.477. The van der Waals surface area contributed by atoms with Gasteiger partial charge in [0, 0.05) is 12.3 Å². The molecule has 18 heavy (non-hydrogen) atoms. The van der Waals surface area contributed by atoms with E-state index in [9.17, 15) is 10.1 Å². The zero-order valence-electron chi connectivity index (χ0n) is 10.2. The Morgan fingerprint density at radius 2 is 2.22 bits per heavy atom. The smallest absolute Gasteiger partial charge is 0.276 e. The topological polar surface area (TPSA) is 75.7 Å². The van der Waals surface area contributed by atoms with E-state index in [1.165, 1.54) is 6.07 Å². The molecule has 1 rings (SSSR count). The molecule has 0 radical (unpaired) electrons. The Kier molecular flexibility index (Phi) is 5.73. The first kappa shape index (κ1) is 14.1. The van der Waals surface area contributed by atoms with Crippen LogP contribution in [0.2, 0.25) is 0 Å². The molecule has 0 saturated heterocycles. The van der Waals surface area contributed by atoms with Gasteiger partial charge in [0.1, 0.15) is 0 Å². The Hall–Kier alpha value is -2.01. The summed E-state index contributed by atoms with van der Waals surface area (Å²) in [5.41, 5.74) is 0.599. The molecule has 1 N–H and O–H groups in total. The second-order valence-corrected chi connectivity index (χ2v) is 3.72. The van der Waals surface area contributed by atoms with Crippen LogP contribution in [0, 0.1) is 10.1 Å². The van der Waals surface area contributed by atoms with Gasteiger partial charge >= 0.3 is 0 Å². The third-order valence-corrected chi connectivity index (χ3v) is 2.47. The van der Waals surface area contributed by atoms with Crippen LogP contribution < -0.4 is 0 Å². The van der Waals surface area contributed by atoms with Crippen LogP contribution in [-0.4, -0.2) is 28.9 Å². The first-order valence-electron chi connectivity index (χ1n) is 5.73. The lowest BCUT2D eigenvalue weighted by Crippen LogP contribution is -2.07. The maximum absolute atomic E-state index is 10.8. The number of nitrogens with zero attached hydrogens (tertiary/aromatic N) is 2. The van der Waals surface area contributed by atoms with E-state index >= 15 is 0 Å². The van der Waals surface area contributed by atoms with Gasteiger partial charge in [0.15, 0.2) is 0 Å². The molecule has 0 aliphatic carbocycles. The summed E-state index contributed by atoms with van der Waals surface area (Å²) in [5, 5.41) is 19.7. The molecular weight excluding hydrogens is 232 g/mol. The second kappa shape index (κ2) is 7.34. The number of allylic oxidation sites excluding steroid dienone is 1. The van der Waals surface area contributed by atoms with E-state index in [0.717, 1.165) is 6.42 Å². The maximum Gasteiger partial charge on any atom is 0.276 e. The van der Waals surface area contributed by atoms with Crippen LogP contribution in [-0.2, 0) is 0 Å². The average Bonchev–Trinajstić information content (AvgIpc) is 2.39. The molecule has 0 amide bonds. The van der Waals surface area contributed by atoms with Gasteiger partial charge in [-0.1, -0.05) is 19.1 Å². The summed E-state index contributed by atoms with van der Waals surface area (Å²) < 4.78 is 0. The normalized spacial score (nSPS) is 13.2. The highest BCUT2D eigenvalue weighted by Gasteiger charge is 2.08. The maximum atomic E-state index is 10.8. The minimum atomic E-state index is -0.417. The van der Waals surface area contributed by atoms with Crippen molar-refractivity contribution in [3.63, 3.8) is 0 Å². The number of hydrogen-bond acceptors (Lipinski definition) is 4. The number of aliphatic hydroxyl groups is 1. The summed E-state index contributed by atoms with van der Waals surface area (Å²) in [5.74, 6) is 0. The van der Waals surface area contributed by atoms with Gasteiger partial charge in [-0.25, -0.2) is 0 Å². The van der Waals surface area contributed by atoms with E-state index < -0.39 is 4.92 Å². The van der Waals surface area contributed by atoms with Crippen molar-refractivity contribution in [1.29, 1.82) is 0 Å². The fourth-order valence-electron chi connectivity index (χ4n) is 1.39. The zero-order chi connectivity index (χ0) is 13.4. The van der Waals surface area contributed by atoms with Crippen LogP contribution in [0.1, 0.15) is 18.9 Å². The Morgan fingerprint density at radius 1 is 1.50 bits per heavy atom. The minimum absolute atomic E-state index is 0.00627. The SMILES string of the molecule is CCC(CO)N=C/C=C/c1ccccc1[N+](=O)[O-]. The number of rotatable bonds is 6. The largest absolute Gasteiger partial charge is 0.394 e. The van der Waals surface area contributed by atoms with Crippen LogP contribution >= 0.6 is 0 Å². The summed E-state index contributed by atoms with van der Waals surface area (Å²) in [6, 6.07) is 6.39. The van der Waals surface area contributed by atoms with E-state index in [4.69, 9.17) is 5.11 Å². The van der Waals surface area contributed by atoms with Crippen LogP contribution in [0.25, 0.3) is 6.08 Å². The Balaban J connectivity index is 2.76. The summed E-state index contributed by atoms with van der Waals surface area (Å²) >= 11 is 0. The van der Waals surface area contributed by atoms with Gasteiger partial charge in [-0.05, 0) is 24.6 Å². The lowest BCUT2D eigenvalue weighted by molar-refractivity contribution is -0.385. The predicted molar refractivity (Wildman–Crippen MR) is 71.8 cm³/mol. The molecule has 1 atom stereocenters. The van der Waals surface area contributed by atoms with E-state index in [0.29, 0.717) is 5.56 Å². The molecule has 0 heterocycles. The van der Waals surface area contributed by atoms with Crippen LogP contribution in [0.4, 0.5) is 5.69 Å². The number of aliphatic imine (C=N–C) groups is 1. The molecule has 0 bridgehead atoms. The van der Waals surface area contributed by atoms with Gasteiger partial charge in [0.25, 0.3) is 5.69 Å². The lowest BCUT2D eigenvalue weighted by atomic mass is 10.1. The molecule has 0 spiro atoms. The number of benzene rings is 1. The summed E-state index contributed by atoms with van der Waals surface area (Å²) in [7, 11) is 0. The van der Waals surface area contributed by atoms with Crippen molar-refractivity contribution >= 4 is 18.0 Å². The van der Waals surface area contributed by atoms with Crippen LogP contribution in [0.3, 0.4) is 0 Å². The standard InChI is InChI=1S/C13H16N2O3/c1-2-12(10-16)14-9-5-7-11-6-3-4-8-13(11)15(17)18/h3-9,12,16H,2,10H2,1H3/b7-5+,14-9?. The van der Waals surface area contributed by atoms with Crippen molar-refractivity contribution in [3.05, 3.63) is 46.0 Å². The molecule has 0 aromatic heterocycles. The number of hydrogen-bond donors (Lipinski definition) is 1. The zero-order valence-corrected chi connectivity index (χ0v) is 10.2. The average molecular weight is 248 g/mol. The highest BCUT2D eigenvalue weighted by atomic mass is 16.6. The van der Waals surface area contributed by atoms with Gasteiger partial charge in [-0.15, -0.1) is 0 Å². The van der Waals surface area contributed by atoms with Crippen molar-refractivity contribution in [1.82, 2.24) is 0 Å². The second-order valence-electron chi connectivity index (χ2n) is 3.72. The molecule has 0 aliphatic heterocycles. The van der Waals surface area contributed by atoms with Gasteiger partial charge in [0.05, 0.1) is 23.1 Å². The lowest BCUT2D eigenvalue weighted by Gasteiger charge is -2.02. The van der Waals surface area contributed by atoms with Gasteiger partial charge in [-0.2, -0.15) is 0 Å². The van der Waals surface area contributed by atoms with E-state index in [1.807, 2.05) is 6.92 Å². The first-order chi connectivity index (χ1) is 8.69. The van der Waals surface area contributed by atoms with Crippen molar-refractivity contribution in [2.24, 2.45) is 4.99 Å². The predicted octanol–water partition coefficient (Wildman–Crippen LogP) is 2.45. The molecule has 96 valence electrons. The molecule has 5 nitrogen and oxygen atoms in total. The molecule has 0 aliphatic rings. The Labute approximate surface area is 106 Å². The third kappa shape index (κ3) is 4.10. The fraction of sp³-hybridized carbons (Fsp3) is 0.308. The Morgan fingerprint density at radius 3 is 2.83 bits per heavy atom. The monoisotopic (exact) mass is 248 g/mol. The van der Waals surface area contributed by atoms with Crippen LogP contribution in [0.5, 0.6) is 0 Å². The molecule has 5 heteroatoms. The molecule has 1 aromatic carbocycles. The highest BCUT2D eigenvalue weighted by molar-refractivity contribution is 5.80. The molecule has 0 saturated carbocycles. The van der Waals surface area contributed by atoms with Crippen LogP contribution in [0.15, 0.2) is 35.3 Å². The van der Waals surface area contributed by atoms with Gasteiger partial charge in [0.2, 0.25) is 0 Å². The number of para-hydroxylation sites is 1. The third-order valence-electron chi connectivity index (χ3n) is 2.47. The summed E-state index contributed by atoms with van der Waals surface area (Å²) in [6.45, 7) is 1.94. The van der Waals surface area contributed by atoms with Crippen molar-refractivity contribution in [2.45, 2.75) is 19.4 Å². The van der Waals surface area contributed by atoms with Crippen molar-refractivity contribution in [2.75, 3.05) is 6.61 Å². The number of aliphatic hydroxyl groups excluding tert-OH is 1. The number of nitro groups is 1. The number of nitro benzene ring substituents is 1. The van der Waals surface area contributed by atoms with E-state index in [2.05, 4.69) is 4.99 Å². The molecule has 1 aromatic rings.